The lowest BCUT2D eigenvalue weighted by atomic mass is 9.96. The van der Waals surface area contributed by atoms with E-state index in [9.17, 15) is 19.5 Å². The maximum Gasteiger partial charge on any atom is 0.410 e. The molecular weight excluding hydrogens is 460 g/mol. The Bertz CT molecular complexity index is 817. The number of rotatable bonds is 13. The average molecular weight is 501 g/mol. The van der Waals surface area contributed by atoms with Crippen molar-refractivity contribution in [3.05, 3.63) is 15.6 Å². The van der Waals surface area contributed by atoms with E-state index in [2.05, 4.69) is 11.9 Å². The Kier molecular flexibility index (Phi) is 12.0. The van der Waals surface area contributed by atoms with E-state index in [0.29, 0.717) is 29.5 Å². The zero-order chi connectivity index (χ0) is 26.1. The second-order valence-corrected chi connectivity index (χ2v) is 10.7. The molecule has 194 valence electrons. The third-order valence-corrected chi connectivity index (χ3v) is 6.23. The van der Waals surface area contributed by atoms with Crippen molar-refractivity contribution in [3.8, 4) is 0 Å². The van der Waals surface area contributed by atoms with Crippen LogP contribution >= 0.6 is 11.3 Å². The Hall–Kier alpha value is -2.20. The lowest BCUT2D eigenvalue weighted by Crippen LogP contribution is -2.44. The highest BCUT2D eigenvalue weighted by Crippen LogP contribution is 2.33. The van der Waals surface area contributed by atoms with Crippen molar-refractivity contribution in [1.29, 1.82) is 0 Å². The van der Waals surface area contributed by atoms with Crippen LogP contribution in [0.2, 0.25) is 0 Å². The first-order chi connectivity index (χ1) is 15.8. The van der Waals surface area contributed by atoms with Crippen LogP contribution in [0.5, 0.6) is 0 Å². The molecule has 1 rings (SSSR count). The molecule has 0 spiro atoms. The molecule has 34 heavy (non-hydrogen) atoms. The normalized spacial score (nSPS) is 13.4. The largest absolute Gasteiger partial charge is 0.476 e. The number of amides is 1. The summed E-state index contributed by atoms with van der Waals surface area (Å²) in [6.45, 7) is 13.7. The van der Waals surface area contributed by atoms with Crippen LogP contribution in [0.25, 0.3) is 0 Å². The molecule has 0 saturated carbocycles. The van der Waals surface area contributed by atoms with Crippen molar-refractivity contribution in [1.82, 2.24) is 9.88 Å². The monoisotopic (exact) mass is 500 g/mol. The quantitative estimate of drug-likeness (QED) is 0.294. The number of ether oxygens (including phenoxy) is 3. The van der Waals surface area contributed by atoms with Gasteiger partial charge in [-0.2, -0.15) is 0 Å². The molecule has 9 nitrogen and oxygen atoms in total. The number of carboxylic acids is 1. The van der Waals surface area contributed by atoms with Gasteiger partial charge >= 0.3 is 18.0 Å². The van der Waals surface area contributed by atoms with Crippen LogP contribution in [-0.2, 0) is 25.4 Å². The van der Waals surface area contributed by atoms with E-state index < -0.39 is 29.7 Å². The first-order valence-electron chi connectivity index (χ1n) is 11.7. The molecule has 1 heterocycles. The van der Waals surface area contributed by atoms with Crippen molar-refractivity contribution in [2.24, 2.45) is 5.92 Å². The van der Waals surface area contributed by atoms with Gasteiger partial charge in [0.1, 0.15) is 10.6 Å². The Morgan fingerprint density at radius 1 is 1.18 bits per heavy atom. The molecule has 0 aliphatic heterocycles. The fourth-order valence-electron chi connectivity index (χ4n) is 3.32. The molecule has 0 aliphatic rings. The first kappa shape index (κ1) is 29.8. The summed E-state index contributed by atoms with van der Waals surface area (Å²) in [5, 5.41) is 10.0. The van der Waals surface area contributed by atoms with Gasteiger partial charge in [-0.1, -0.05) is 27.2 Å². The average Bonchev–Trinajstić information content (AvgIpc) is 3.13. The van der Waals surface area contributed by atoms with Crippen molar-refractivity contribution >= 4 is 29.4 Å². The number of thiazole rings is 1. The summed E-state index contributed by atoms with van der Waals surface area (Å²) in [7, 11) is 1.65. The van der Waals surface area contributed by atoms with Crippen LogP contribution in [-0.4, -0.2) is 64.9 Å². The van der Waals surface area contributed by atoms with Crippen LogP contribution in [0.15, 0.2) is 0 Å². The van der Waals surface area contributed by atoms with Gasteiger partial charge in [0.2, 0.25) is 0 Å². The number of carboxylic acid groups (broad SMARTS) is 1. The zero-order valence-electron chi connectivity index (χ0n) is 21.7. The topological polar surface area (TPSA) is 115 Å². The molecule has 0 radical (unpaired) electrons. The van der Waals surface area contributed by atoms with Crippen molar-refractivity contribution in [2.45, 2.75) is 91.9 Å². The zero-order valence-corrected chi connectivity index (χ0v) is 22.5. The second kappa shape index (κ2) is 13.6. The van der Waals surface area contributed by atoms with Crippen molar-refractivity contribution in [3.63, 3.8) is 0 Å². The Morgan fingerprint density at radius 3 is 2.32 bits per heavy atom. The summed E-state index contributed by atoms with van der Waals surface area (Å²) in [6, 6.07) is -0.336. The number of unbranched alkanes of at least 4 members (excludes halogenated alkanes) is 1. The van der Waals surface area contributed by atoms with E-state index in [4.69, 9.17) is 14.2 Å². The lowest BCUT2D eigenvalue weighted by Gasteiger charge is -2.34. The molecule has 2 atom stereocenters. The van der Waals surface area contributed by atoms with Crippen LogP contribution in [0.3, 0.4) is 0 Å². The summed E-state index contributed by atoms with van der Waals surface area (Å²) >= 11 is 1.20. The number of carbonyl (C=O) groups excluding carboxylic acids is 2. The number of aromatic carboxylic acids is 1. The van der Waals surface area contributed by atoms with E-state index in [1.54, 1.807) is 27.8 Å². The second-order valence-electron chi connectivity index (χ2n) is 9.58. The summed E-state index contributed by atoms with van der Waals surface area (Å²) < 4.78 is 16.6. The minimum absolute atomic E-state index is 0.0147. The molecule has 0 fully saturated rings. The van der Waals surface area contributed by atoms with E-state index in [-0.39, 0.29) is 24.1 Å². The van der Waals surface area contributed by atoms with Crippen molar-refractivity contribution in [2.75, 3.05) is 20.3 Å². The highest BCUT2D eigenvalue weighted by molar-refractivity contribution is 7.12. The van der Waals surface area contributed by atoms with Gasteiger partial charge in [0.15, 0.2) is 11.8 Å². The minimum atomic E-state index is -1.14. The van der Waals surface area contributed by atoms with Gasteiger partial charge in [-0.15, -0.1) is 11.3 Å². The molecule has 1 amide bonds. The molecule has 0 aromatic carbocycles. The molecule has 10 heteroatoms. The van der Waals surface area contributed by atoms with E-state index in [1.165, 1.54) is 23.2 Å². The third kappa shape index (κ3) is 9.97. The van der Waals surface area contributed by atoms with Crippen LogP contribution in [0, 0.1) is 5.92 Å². The number of esters is 1. The fraction of sp³-hybridized carbons (Fsp3) is 0.750. The molecule has 0 unspecified atom stereocenters. The maximum atomic E-state index is 12.7. The van der Waals surface area contributed by atoms with E-state index in [0.717, 1.165) is 12.8 Å². The summed E-state index contributed by atoms with van der Waals surface area (Å²) in [6.07, 6.45) is 1.34. The number of hydrogen-bond acceptors (Lipinski definition) is 8. The van der Waals surface area contributed by atoms with Crippen LogP contribution in [0.4, 0.5) is 4.79 Å². The molecule has 0 saturated heterocycles. The van der Waals surface area contributed by atoms with Gasteiger partial charge in [-0.05, 0) is 33.1 Å². The number of carbonyl (C=O) groups is 3. The lowest BCUT2D eigenvalue weighted by molar-refractivity contribution is -0.147. The van der Waals surface area contributed by atoms with Crippen molar-refractivity contribution < 1.29 is 33.7 Å². The predicted octanol–water partition coefficient (Wildman–Crippen LogP) is 5.09. The Labute approximate surface area is 206 Å². The van der Waals surface area contributed by atoms with E-state index >= 15 is 0 Å². The molecular formula is C24H40N2O7S. The highest BCUT2D eigenvalue weighted by Gasteiger charge is 2.33. The minimum Gasteiger partial charge on any atom is -0.476 e. The van der Waals surface area contributed by atoms with E-state index in [1.807, 2.05) is 13.8 Å². The standard InChI is InChI=1S/C24H40N2O7S/c1-9-10-12-31-13-11-19-20(22(28)29)25-21(34-19)18(32-16(4)27)14-17(15(2)3)26(8)23(30)33-24(5,6)7/h15,17-18H,9-14H2,1-8H3,(H,28,29)/t17-,18-/m1/s1. The number of aromatic nitrogens is 1. The SMILES string of the molecule is CCCCOCCc1sc([C@@H](C[C@H](C(C)C)N(C)C(=O)OC(C)(C)C)OC(C)=O)nc1C(=O)O. The maximum absolute atomic E-state index is 12.7. The number of nitrogens with zero attached hydrogens (tertiary/aromatic N) is 2. The fourth-order valence-corrected chi connectivity index (χ4v) is 4.40. The van der Waals surface area contributed by atoms with Gasteiger partial charge in [0, 0.05) is 44.3 Å². The highest BCUT2D eigenvalue weighted by atomic mass is 32.1. The summed E-state index contributed by atoms with van der Waals surface area (Å²) in [5.74, 6) is -1.64. The third-order valence-electron chi connectivity index (χ3n) is 5.02. The molecule has 0 aliphatic carbocycles. The summed E-state index contributed by atoms with van der Waals surface area (Å²) in [4.78, 5) is 42.7. The molecule has 1 N–H and O–H groups in total. The molecule has 1 aromatic heterocycles. The van der Waals surface area contributed by atoms with Crippen LogP contribution in [0.1, 0.15) is 94.2 Å². The Balaban J connectivity index is 3.16. The van der Waals surface area contributed by atoms with Gasteiger partial charge in [-0.3, -0.25) is 4.79 Å². The Morgan fingerprint density at radius 2 is 1.82 bits per heavy atom. The van der Waals surface area contributed by atoms with Gasteiger partial charge in [0.25, 0.3) is 0 Å². The number of hydrogen-bond donors (Lipinski definition) is 1. The van der Waals surface area contributed by atoms with Crippen LogP contribution < -0.4 is 0 Å². The van der Waals surface area contributed by atoms with Gasteiger partial charge < -0.3 is 24.2 Å². The molecule has 0 bridgehead atoms. The predicted molar refractivity (Wildman–Crippen MR) is 130 cm³/mol. The summed E-state index contributed by atoms with van der Waals surface area (Å²) in [5.41, 5.74) is -0.708. The molecule has 1 aromatic rings. The smallest absolute Gasteiger partial charge is 0.410 e. The first-order valence-corrected chi connectivity index (χ1v) is 12.5. The van der Waals surface area contributed by atoms with Gasteiger partial charge in [0.05, 0.1) is 6.61 Å². The van der Waals surface area contributed by atoms with Gasteiger partial charge in [-0.25, -0.2) is 14.6 Å².